The molecule has 72 valence electrons. The van der Waals surface area contributed by atoms with E-state index in [1.807, 2.05) is 0 Å². The zero-order valence-electron chi connectivity index (χ0n) is 6.88. The first-order valence-electron chi connectivity index (χ1n) is 3.74. The van der Waals surface area contributed by atoms with Crippen molar-refractivity contribution < 1.29 is 8.42 Å². The molecule has 2 rings (SSSR count). The molecule has 0 unspecified atom stereocenters. The normalized spacial score (nSPS) is 12.0. The van der Waals surface area contributed by atoms with Gasteiger partial charge in [-0.3, -0.25) is 9.59 Å². The molecule has 0 aliphatic carbocycles. The molecule has 0 aliphatic heterocycles. The Morgan fingerprint density at radius 2 is 1.43 bits per heavy atom. The van der Waals surface area contributed by atoms with E-state index in [0.717, 1.165) is 0 Å². The molecule has 6 heteroatoms. The van der Waals surface area contributed by atoms with Gasteiger partial charge in [0.15, 0.2) is 0 Å². The lowest BCUT2D eigenvalue weighted by Crippen LogP contribution is -2.11. The summed E-state index contributed by atoms with van der Waals surface area (Å²) in [4.78, 5) is 21.2. The highest BCUT2D eigenvalue weighted by Crippen LogP contribution is 2.09. The topological polar surface area (TPSA) is 73.2 Å². The van der Waals surface area contributed by atoms with Crippen molar-refractivity contribution in [2.75, 3.05) is 0 Å². The molecule has 5 nitrogen and oxygen atoms in total. The largest absolute Gasteiger partial charge is 0.334 e. The van der Waals surface area contributed by atoms with E-state index < -0.39 is 21.1 Å². The molecule has 2 aromatic rings. The number of aromatic nitrogens is 1. The number of rotatable bonds is 2. The van der Waals surface area contributed by atoms with Crippen molar-refractivity contribution in [2.24, 2.45) is 0 Å². The predicted octanol–water partition coefficient (Wildman–Crippen LogP) is -0.679. The molecule has 0 aliphatic rings. The molecule has 1 aromatic carbocycles. The average Bonchev–Trinajstić information content (AvgIpc) is 2.77. The predicted molar refractivity (Wildman–Crippen MR) is 48.4 cm³/mol. The van der Waals surface area contributed by atoms with Crippen LogP contribution in [0.1, 0.15) is 0 Å². The summed E-state index contributed by atoms with van der Waals surface area (Å²) in [5.74, 6) is 0. The lowest BCUT2D eigenvalue weighted by atomic mass is 10.4. The standard InChI is InChI=1S/C8H5NO4S/c10-7-8(11)9(7)14(12,13)6-4-2-1-3-5-6/h1-5H. The van der Waals surface area contributed by atoms with Gasteiger partial charge in [-0.2, -0.15) is 3.97 Å². The minimum absolute atomic E-state index is 0.0563. The third-order valence-electron chi connectivity index (χ3n) is 1.78. The molecule has 0 saturated heterocycles. The molecule has 0 saturated carbocycles. The van der Waals surface area contributed by atoms with Crippen molar-refractivity contribution in [3.05, 3.63) is 51.0 Å². The highest BCUT2D eigenvalue weighted by molar-refractivity contribution is 7.90. The second kappa shape index (κ2) is 2.65. The van der Waals surface area contributed by atoms with Crippen LogP contribution in [0.15, 0.2) is 44.8 Å². The molecule has 0 spiro atoms. The summed E-state index contributed by atoms with van der Waals surface area (Å²) >= 11 is 0. The highest BCUT2D eigenvalue weighted by atomic mass is 32.2. The Kier molecular flexibility index (Phi) is 1.68. The SMILES string of the molecule is O=c1c(=O)n1S(=O)(=O)c1ccccc1. The Hall–Kier alpha value is -1.69. The fourth-order valence-corrected chi connectivity index (χ4v) is 2.30. The van der Waals surface area contributed by atoms with Crippen molar-refractivity contribution in [3.8, 4) is 0 Å². The monoisotopic (exact) mass is 211 g/mol. The lowest BCUT2D eigenvalue weighted by Gasteiger charge is -1.96. The van der Waals surface area contributed by atoms with Crippen LogP contribution in [0.4, 0.5) is 0 Å². The van der Waals surface area contributed by atoms with Crippen LogP contribution in [0.2, 0.25) is 0 Å². The highest BCUT2D eigenvalue weighted by Gasteiger charge is 2.30. The van der Waals surface area contributed by atoms with Crippen LogP contribution >= 0.6 is 0 Å². The van der Waals surface area contributed by atoms with Gasteiger partial charge in [-0.15, -0.1) is 0 Å². The van der Waals surface area contributed by atoms with Gasteiger partial charge in [0.1, 0.15) is 0 Å². The van der Waals surface area contributed by atoms with Gasteiger partial charge in [0, 0.05) is 0 Å². The molecule has 0 bridgehead atoms. The molecular weight excluding hydrogens is 206 g/mol. The van der Waals surface area contributed by atoms with Gasteiger partial charge < -0.3 is 0 Å². The summed E-state index contributed by atoms with van der Waals surface area (Å²) in [6, 6.07) is 7.34. The van der Waals surface area contributed by atoms with Crippen LogP contribution in [0, 0.1) is 0 Å². The molecule has 1 aromatic heterocycles. The van der Waals surface area contributed by atoms with Gasteiger partial charge in [0.2, 0.25) is 0 Å². The summed E-state index contributed by atoms with van der Waals surface area (Å²) in [7, 11) is -3.93. The fourth-order valence-electron chi connectivity index (χ4n) is 1.04. The second-order valence-electron chi connectivity index (χ2n) is 2.69. The summed E-state index contributed by atoms with van der Waals surface area (Å²) in [5.41, 5.74) is -1.96. The first-order chi connectivity index (χ1) is 6.55. The maximum Gasteiger partial charge on any atom is 0.334 e. The van der Waals surface area contributed by atoms with E-state index in [9.17, 15) is 18.0 Å². The molecule has 0 N–H and O–H groups in total. The van der Waals surface area contributed by atoms with E-state index in [4.69, 9.17) is 0 Å². The fraction of sp³-hybridized carbons (Fsp3) is 0. The summed E-state index contributed by atoms with van der Waals surface area (Å²) in [5, 5.41) is 0. The van der Waals surface area contributed by atoms with Crippen LogP contribution in [0.3, 0.4) is 0 Å². The van der Waals surface area contributed by atoms with E-state index in [0.29, 0.717) is 0 Å². The minimum Gasteiger partial charge on any atom is -0.262 e. The number of benzene rings is 1. The van der Waals surface area contributed by atoms with Gasteiger partial charge in [0.25, 0.3) is 10.0 Å². The zero-order valence-corrected chi connectivity index (χ0v) is 7.69. The molecule has 1 heterocycles. The van der Waals surface area contributed by atoms with Gasteiger partial charge in [-0.05, 0) is 12.1 Å². The van der Waals surface area contributed by atoms with Gasteiger partial charge in [-0.1, -0.05) is 18.2 Å². The Labute approximate surface area is 79.0 Å². The maximum atomic E-state index is 11.5. The van der Waals surface area contributed by atoms with Crippen molar-refractivity contribution in [2.45, 2.75) is 4.90 Å². The van der Waals surface area contributed by atoms with Crippen molar-refractivity contribution in [3.63, 3.8) is 0 Å². The molecule has 14 heavy (non-hydrogen) atoms. The summed E-state index contributed by atoms with van der Waals surface area (Å²) < 4.78 is 23.3. The van der Waals surface area contributed by atoms with Crippen LogP contribution < -0.4 is 11.1 Å². The van der Waals surface area contributed by atoms with Crippen LogP contribution in [-0.4, -0.2) is 12.4 Å². The number of nitrogens with zero attached hydrogens (tertiary/aromatic N) is 1. The molecule has 0 fully saturated rings. The average molecular weight is 211 g/mol. The van der Waals surface area contributed by atoms with Crippen molar-refractivity contribution in [1.29, 1.82) is 0 Å². The van der Waals surface area contributed by atoms with Crippen LogP contribution in [-0.2, 0) is 10.0 Å². The lowest BCUT2D eigenvalue weighted by molar-refractivity contribution is 0.590. The molecular formula is C8H5NO4S. The minimum atomic E-state index is -3.93. The van der Waals surface area contributed by atoms with Crippen LogP contribution in [0.5, 0.6) is 0 Å². The third-order valence-corrected chi connectivity index (χ3v) is 3.46. The molecule has 0 amide bonds. The van der Waals surface area contributed by atoms with E-state index in [-0.39, 0.29) is 8.87 Å². The van der Waals surface area contributed by atoms with E-state index in [2.05, 4.69) is 0 Å². The first kappa shape index (κ1) is 8.89. The Balaban J connectivity index is 2.62. The Morgan fingerprint density at radius 3 is 1.86 bits per heavy atom. The van der Waals surface area contributed by atoms with E-state index in [1.54, 1.807) is 6.07 Å². The molecule has 0 radical (unpaired) electrons. The van der Waals surface area contributed by atoms with Gasteiger partial charge in [0.05, 0.1) is 4.90 Å². The summed E-state index contributed by atoms with van der Waals surface area (Å²) in [6.45, 7) is 0. The van der Waals surface area contributed by atoms with Crippen LogP contribution in [0.25, 0.3) is 0 Å². The van der Waals surface area contributed by atoms with E-state index >= 15 is 0 Å². The quantitative estimate of drug-likeness (QED) is 0.617. The maximum absolute atomic E-state index is 11.5. The Bertz CT molecular complexity index is 606. The molecule has 0 atom stereocenters. The van der Waals surface area contributed by atoms with Crippen molar-refractivity contribution >= 4 is 10.0 Å². The van der Waals surface area contributed by atoms with Gasteiger partial charge in [-0.25, -0.2) is 8.42 Å². The Morgan fingerprint density at radius 1 is 0.929 bits per heavy atom. The first-order valence-corrected chi connectivity index (χ1v) is 5.18. The smallest absolute Gasteiger partial charge is 0.262 e. The number of hydrogen-bond donors (Lipinski definition) is 0. The zero-order chi connectivity index (χ0) is 10.3. The van der Waals surface area contributed by atoms with Gasteiger partial charge >= 0.3 is 11.1 Å². The second-order valence-corrected chi connectivity index (χ2v) is 4.48. The summed E-state index contributed by atoms with van der Waals surface area (Å²) in [6.07, 6.45) is 0. The third kappa shape index (κ3) is 1.12. The van der Waals surface area contributed by atoms with E-state index in [1.165, 1.54) is 24.3 Å². The number of hydrogen-bond acceptors (Lipinski definition) is 4. The van der Waals surface area contributed by atoms with Crippen molar-refractivity contribution in [1.82, 2.24) is 3.97 Å².